The van der Waals surface area contributed by atoms with Crippen molar-refractivity contribution in [3.05, 3.63) is 35.0 Å². The van der Waals surface area contributed by atoms with Crippen LogP contribution in [0.5, 0.6) is 0 Å². The molecule has 1 aromatic heterocycles. The first-order valence-corrected chi connectivity index (χ1v) is 5.66. The van der Waals surface area contributed by atoms with Crippen LogP contribution in [-0.4, -0.2) is 15.6 Å². The molecule has 0 fully saturated rings. The molecular weight excluding hydrogens is 240 g/mol. The molecule has 0 atom stereocenters. The molecule has 17 heavy (non-hydrogen) atoms. The van der Waals surface area contributed by atoms with Crippen molar-refractivity contribution in [1.29, 1.82) is 0 Å². The van der Waals surface area contributed by atoms with E-state index in [2.05, 4.69) is 0 Å². The molecule has 2 aromatic rings. The van der Waals surface area contributed by atoms with E-state index < -0.39 is 0 Å². The summed E-state index contributed by atoms with van der Waals surface area (Å²) in [6, 6.07) is 5.46. The number of benzene rings is 1. The highest BCUT2D eigenvalue weighted by atomic mass is 35.5. The van der Waals surface area contributed by atoms with Gasteiger partial charge in [0.1, 0.15) is 0 Å². The number of primary amides is 1. The molecule has 0 aliphatic heterocycles. The Morgan fingerprint density at radius 1 is 1.47 bits per heavy atom. The number of nitrogens with zero attached hydrogens (tertiary/aromatic N) is 1. The Hall–Kier alpha value is -1.52. The summed E-state index contributed by atoms with van der Waals surface area (Å²) in [6.07, 6.45) is 2.09. The van der Waals surface area contributed by atoms with Gasteiger partial charge in [-0.15, -0.1) is 0 Å². The largest absolute Gasteiger partial charge is 0.392 e. The molecule has 0 unspecified atom stereocenters. The number of hydrogen-bond acceptors (Lipinski definition) is 2. The molecule has 2 rings (SSSR count). The molecule has 0 saturated carbocycles. The fourth-order valence-corrected chi connectivity index (χ4v) is 2.05. The van der Waals surface area contributed by atoms with Crippen molar-refractivity contribution in [3.63, 3.8) is 0 Å². The number of aliphatic hydroxyl groups is 1. The zero-order valence-electron chi connectivity index (χ0n) is 9.19. The topological polar surface area (TPSA) is 68.2 Å². The minimum Gasteiger partial charge on any atom is -0.392 e. The smallest absolute Gasteiger partial charge is 0.219 e. The van der Waals surface area contributed by atoms with E-state index >= 15 is 0 Å². The van der Waals surface area contributed by atoms with Crippen LogP contribution >= 0.6 is 11.6 Å². The van der Waals surface area contributed by atoms with Crippen LogP contribution < -0.4 is 5.73 Å². The molecule has 0 aliphatic carbocycles. The molecule has 0 spiro atoms. The van der Waals surface area contributed by atoms with Gasteiger partial charge in [-0.25, -0.2) is 0 Å². The van der Waals surface area contributed by atoms with E-state index in [-0.39, 0.29) is 18.9 Å². The van der Waals surface area contributed by atoms with Gasteiger partial charge < -0.3 is 15.4 Å². The number of aryl methyl sites for hydroxylation is 1. The average Bonchev–Trinajstić information content (AvgIpc) is 2.63. The molecule has 4 nitrogen and oxygen atoms in total. The summed E-state index contributed by atoms with van der Waals surface area (Å²) in [5.41, 5.74) is 6.85. The number of nitrogens with two attached hydrogens (primary N) is 1. The Morgan fingerprint density at radius 3 is 2.88 bits per heavy atom. The van der Waals surface area contributed by atoms with Gasteiger partial charge in [0.25, 0.3) is 0 Å². The summed E-state index contributed by atoms with van der Waals surface area (Å²) in [7, 11) is 0. The van der Waals surface area contributed by atoms with E-state index in [9.17, 15) is 9.90 Å². The van der Waals surface area contributed by atoms with E-state index in [4.69, 9.17) is 17.3 Å². The van der Waals surface area contributed by atoms with Crippen molar-refractivity contribution in [2.75, 3.05) is 0 Å². The zero-order chi connectivity index (χ0) is 12.4. The third-order valence-corrected chi connectivity index (χ3v) is 2.93. The lowest BCUT2D eigenvalue weighted by Crippen LogP contribution is -2.13. The van der Waals surface area contributed by atoms with Crippen molar-refractivity contribution in [2.24, 2.45) is 5.73 Å². The number of hydrogen-bond donors (Lipinski definition) is 2. The molecule has 90 valence electrons. The number of fused-ring (bicyclic) bond motifs is 1. The molecule has 3 N–H and O–H groups in total. The lowest BCUT2D eigenvalue weighted by atomic mass is 10.2. The van der Waals surface area contributed by atoms with Crippen LogP contribution in [0, 0.1) is 0 Å². The minimum absolute atomic E-state index is 0.0400. The molecule has 0 saturated heterocycles. The van der Waals surface area contributed by atoms with E-state index in [0.717, 1.165) is 16.5 Å². The van der Waals surface area contributed by atoms with Crippen molar-refractivity contribution in [2.45, 2.75) is 19.6 Å². The number of rotatable bonds is 4. The predicted molar refractivity (Wildman–Crippen MR) is 66.7 cm³/mol. The minimum atomic E-state index is -0.348. The van der Waals surface area contributed by atoms with Crippen LogP contribution in [0.15, 0.2) is 24.4 Å². The fourth-order valence-electron chi connectivity index (χ4n) is 1.88. The molecular formula is C12H13ClN2O2. The van der Waals surface area contributed by atoms with Gasteiger partial charge in [-0.2, -0.15) is 0 Å². The zero-order valence-corrected chi connectivity index (χ0v) is 9.94. The Balaban J connectivity index is 2.46. The molecule has 0 radical (unpaired) electrons. The van der Waals surface area contributed by atoms with Gasteiger partial charge >= 0.3 is 0 Å². The third-order valence-electron chi connectivity index (χ3n) is 2.70. The normalized spacial score (nSPS) is 10.9. The first-order valence-electron chi connectivity index (χ1n) is 5.28. The first-order chi connectivity index (χ1) is 8.11. The number of carbonyl (C=O) groups excluding carboxylic acids is 1. The predicted octanol–water partition coefficient (Wildman–Crippen LogP) is 1.66. The molecule has 0 aliphatic rings. The summed E-state index contributed by atoms with van der Waals surface area (Å²) in [5.74, 6) is -0.348. The molecule has 1 aromatic carbocycles. The second kappa shape index (κ2) is 4.77. The van der Waals surface area contributed by atoms with E-state index in [1.54, 1.807) is 6.07 Å². The van der Waals surface area contributed by atoms with E-state index in [0.29, 0.717) is 11.6 Å². The van der Waals surface area contributed by atoms with Gasteiger partial charge in [0, 0.05) is 40.7 Å². The molecule has 1 amide bonds. The number of carbonyl (C=O) groups is 1. The van der Waals surface area contributed by atoms with Gasteiger partial charge in [-0.05, 0) is 12.1 Å². The monoisotopic (exact) mass is 252 g/mol. The Bertz CT molecular complexity index is 563. The maximum atomic E-state index is 10.8. The second-order valence-corrected chi connectivity index (χ2v) is 4.32. The van der Waals surface area contributed by atoms with Gasteiger partial charge in [0.15, 0.2) is 0 Å². The summed E-state index contributed by atoms with van der Waals surface area (Å²) in [4.78, 5) is 10.8. The molecule has 5 heteroatoms. The summed E-state index contributed by atoms with van der Waals surface area (Å²) < 4.78 is 1.89. The van der Waals surface area contributed by atoms with Crippen LogP contribution in [0.3, 0.4) is 0 Å². The highest BCUT2D eigenvalue weighted by Crippen LogP contribution is 2.25. The molecule has 1 heterocycles. The summed E-state index contributed by atoms with van der Waals surface area (Å²) >= 11 is 5.94. The summed E-state index contributed by atoms with van der Waals surface area (Å²) in [5, 5.41) is 10.8. The fraction of sp³-hybridized carbons (Fsp3) is 0.250. The SMILES string of the molecule is NC(=O)CCn1cc(CO)c2ccc(Cl)cc21. The van der Waals surface area contributed by atoms with E-state index in [1.165, 1.54) is 0 Å². The Kier molecular flexibility index (Phi) is 3.36. The molecule has 0 bridgehead atoms. The average molecular weight is 253 g/mol. The van der Waals surface area contributed by atoms with Crippen LogP contribution in [0.4, 0.5) is 0 Å². The maximum Gasteiger partial charge on any atom is 0.219 e. The van der Waals surface area contributed by atoms with Crippen LogP contribution in [0.1, 0.15) is 12.0 Å². The van der Waals surface area contributed by atoms with Gasteiger partial charge in [0.05, 0.1) is 6.61 Å². The lowest BCUT2D eigenvalue weighted by Gasteiger charge is -2.03. The van der Waals surface area contributed by atoms with Crippen LogP contribution in [0.25, 0.3) is 10.9 Å². The number of amides is 1. The van der Waals surface area contributed by atoms with Gasteiger partial charge in [0.2, 0.25) is 5.91 Å². The van der Waals surface area contributed by atoms with Crippen molar-refractivity contribution in [3.8, 4) is 0 Å². The quantitative estimate of drug-likeness (QED) is 0.869. The summed E-state index contributed by atoms with van der Waals surface area (Å²) in [6.45, 7) is 0.452. The Morgan fingerprint density at radius 2 is 2.24 bits per heavy atom. The number of aromatic nitrogens is 1. The highest BCUT2D eigenvalue weighted by molar-refractivity contribution is 6.31. The van der Waals surface area contributed by atoms with Gasteiger partial charge in [-0.1, -0.05) is 17.7 Å². The number of halogens is 1. The van der Waals surface area contributed by atoms with Crippen molar-refractivity contribution < 1.29 is 9.90 Å². The highest BCUT2D eigenvalue weighted by Gasteiger charge is 2.08. The second-order valence-electron chi connectivity index (χ2n) is 3.88. The number of aliphatic hydroxyl groups excluding tert-OH is 1. The van der Waals surface area contributed by atoms with Crippen molar-refractivity contribution in [1.82, 2.24) is 4.57 Å². The maximum absolute atomic E-state index is 10.8. The standard InChI is InChI=1S/C12H13ClN2O2/c13-9-1-2-10-8(7-16)6-15(11(10)5-9)4-3-12(14)17/h1-2,5-6,16H,3-4,7H2,(H2,14,17). The van der Waals surface area contributed by atoms with Crippen LogP contribution in [0.2, 0.25) is 5.02 Å². The Labute approximate surface area is 104 Å². The van der Waals surface area contributed by atoms with Crippen molar-refractivity contribution >= 4 is 28.4 Å². The third kappa shape index (κ3) is 2.43. The lowest BCUT2D eigenvalue weighted by molar-refractivity contribution is -0.118. The van der Waals surface area contributed by atoms with E-state index in [1.807, 2.05) is 22.9 Å². The first kappa shape index (κ1) is 12.0. The van der Waals surface area contributed by atoms with Crippen LogP contribution in [-0.2, 0) is 17.9 Å². The van der Waals surface area contributed by atoms with Gasteiger partial charge in [-0.3, -0.25) is 4.79 Å².